The molecule has 5 nitrogen and oxygen atoms in total. The van der Waals surface area contributed by atoms with Crippen LogP contribution in [0, 0.1) is 30.6 Å². The predicted octanol–water partition coefficient (Wildman–Crippen LogP) is 16.6. The molecule has 3 heterocycles. The zero-order valence-electron chi connectivity index (χ0n) is 40.4. The fourth-order valence-electron chi connectivity index (χ4n) is 9.68. The van der Waals surface area contributed by atoms with Gasteiger partial charge in [-0.3, -0.25) is 0 Å². The van der Waals surface area contributed by atoms with E-state index in [0.717, 1.165) is 63.1 Å². The maximum absolute atomic E-state index is 7.04. The van der Waals surface area contributed by atoms with Crippen LogP contribution >= 0.6 is 0 Å². The molecule has 0 atom stereocenters. The smallest absolute Gasteiger partial charge is 0.135 e. The van der Waals surface area contributed by atoms with Crippen LogP contribution in [0.15, 0.2) is 128 Å². The molecule has 0 saturated heterocycles. The van der Waals surface area contributed by atoms with Gasteiger partial charge in [0.1, 0.15) is 5.82 Å². The van der Waals surface area contributed by atoms with Gasteiger partial charge in [0.25, 0.3) is 0 Å². The number of nitrogens with zero attached hydrogens (tertiary/aromatic N) is 4. The zero-order chi connectivity index (χ0) is 45.7. The van der Waals surface area contributed by atoms with Gasteiger partial charge in [0.15, 0.2) is 0 Å². The molecule has 0 unspecified atom stereocenters. The number of para-hydroxylation sites is 4. The third kappa shape index (κ3) is 9.09. The second-order valence-electron chi connectivity index (χ2n) is 20.4. The summed E-state index contributed by atoms with van der Waals surface area (Å²) in [5, 5.41) is 2.25. The van der Waals surface area contributed by atoms with Crippen LogP contribution in [-0.2, 0) is 39.3 Å². The first kappa shape index (κ1) is 46.9. The minimum atomic E-state index is -0.0330. The standard InChI is InChI=1S/C60H63N4O.Pt/c1-38(2)30-42-18-16-19-43(31-39(3)4)59(42)63-37-62(54-24-14-15-25-55(54)63)46-32-44(58-49(40(5)6)21-17-22-50(58)41(7)8)33-48(35-46)65-47-26-27-52-51-20-12-13-23-53(51)64(56(52)36-47)57-34-45(28-29-61-57)60(9,10)11;/h12-29,32-34,37-41H,30-31H2,1-11H3;/q-3;. The molecular formula is C60H63N4OPt-3. The number of rotatable bonds is 12. The molecule has 0 bridgehead atoms. The van der Waals surface area contributed by atoms with Gasteiger partial charge in [0.2, 0.25) is 0 Å². The summed E-state index contributed by atoms with van der Waals surface area (Å²) < 4.78 is 9.26. The number of hydrogen-bond donors (Lipinski definition) is 0. The molecule has 1 aliphatic rings. The van der Waals surface area contributed by atoms with Crippen LogP contribution in [0.5, 0.6) is 11.5 Å². The normalized spacial score (nSPS) is 12.9. The van der Waals surface area contributed by atoms with Crippen LogP contribution < -0.4 is 14.5 Å². The summed E-state index contributed by atoms with van der Waals surface area (Å²) in [6.07, 6.45) is 3.91. The monoisotopic (exact) mass is 1050 g/mol. The summed E-state index contributed by atoms with van der Waals surface area (Å²) in [4.78, 5) is 9.66. The van der Waals surface area contributed by atoms with E-state index in [1.165, 1.54) is 39.1 Å². The van der Waals surface area contributed by atoms with Crippen molar-refractivity contribution in [3.05, 3.63) is 174 Å². The SMILES string of the molecule is CC(C)Cc1cccc(CC(C)C)c1N1[CH-]N(c2[c-]c(Oc3[c-]c4c(cc3)c3ccccc3n4-c3cc(C(C)(C)C)ccn3)cc(-c3c(C(C)C)cccc3C(C)C)c2)c2ccccc21.[Pt]. The minimum absolute atomic E-state index is 0. The van der Waals surface area contributed by atoms with E-state index < -0.39 is 0 Å². The molecule has 0 amide bonds. The van der Waals surface area contributed by atoms with Gasteiger partial charge >= 0.3 is 0 Å². The maximum Gasteiger partial charge on any atom is 0.135 e. The van der Waals surface area contributed by atoms with Crippen molar-refractivity contribution in [2.45, 2.75) is 106 Å². The van der Waals surface area contributed by atoms with E-state index in [0.29, 0.717) is 35.2 Å². The van der Waals surface area contributed by atoms with Crippen LogP contribution in [0.2, 0.25) is 0 Å². The number of anilines is 4. The molecule has 6 heteroatoms. The topological polar surface area (TPSA) is 33.5 Å². The van der Waals surface area contributed by atoms with Crippen molar-refractivity contribution in [2.24, 2.45) is 11.8 Å². The van der Waals surface area contributed by atoms with Crippen molar-refractivity contribution in [3.63, 3.8) is 0 Å². The fraction of sp³-hybridized carbons (Fsp3) is 0.300. The number of aromatic nitrogens is 2. The first-order chi connectivity index (χ1) is 31.2. The Kier molecular flexibility index (Phi) is 13.4. The Morgan fingerprint density at radius 1 is 0.621 bits per heavy atom. The Morgan fingerprint density at radius 3 is 1.88 bits per heavy atom. The quantitative estimate of drug-likeness (QED) is 0.114. The van der Waals surface area contributed by atoms with Crippen molar-refractivity contribution >= 4 is 44.6 Å². The van der Waals surface area contributed by atoms with Crippen molar-refractivity contribution in [3.8, 4) is 28.4 Å². The molecule has 0 fully saturated rings. The Bertz CT molecular complexity index is 2970. The molecule has 9 rings (SSSR count). The van der Waals surface area contributed by atoms with Crippen LogP contribution in [0.3, 0.4) is 0 Å². The van der Waals surface area contributed by atoms with Crippen molar-refractivity contribution in [1.29, 1.82) is 0 Å². The Labute approximate surface area is 408 Å². The Balaban J connectivity index is 0.00000592. The summed E-state index contributed by atoms with van der Waals surface area (Å²) >= 11 is 0. The van der Waals surface area contributed by atoms with Gasteiger partial charge in [-0.15, -0.1) is 53.6 Å². The molecule has 342 valence electrons. The van der Waals surface area contributed by atoms with Crippen LogP contribution in [0.1, 0.15) is 116 Å². The third-order valence-electron chi connectivity index (χ3n) is 12.7. The van der Waals surface area contributed by atoms with Crippen LogP contribution in [0.25, 0.3) is 38.8 Å². The van der Waals surface area contributed by atoms with Gasteiger partial charge in [-0.05, 0) is 111 Å². The van der Waals surface area contributed by atoms with Gasteiger partial charge in [-0.25, -0.2) is 4.98 Å². The largest absolute Gasteiger partial charge is 0.509 e. The van der Waals surface area contributed by atoms with Gasteiger partial charge in [-0.2, -0.15) is 6.07 Å². The molecule has 8 aromatic rings. The van der Waals surface area contributed by atoms with Crippen molar-refractivity contribution in [1.82, 2.24) is 9.55 Å². The molecule has 0 aliphatic carbocycles. The number of fused-ring (bicyclic) bond motifs is 4. The van der Waals surface area contributed by atoms with Gasteiger partial charge in [0.05, 0.1) is 0 Å². The van der Waals surface area contributed by atoms with E-state index >= 15 is 0 Å². The number of benzene rings is 6. The third-order valence-corrected chi connectivity index (χ3v) is 12.7. The molecular weight excluding hydrogens is 988 g/mol. The first-order valence-electron chi connectivity index (χ1n) is 23.6. The average Bonchev–Trinajstić information content (AvgIpc) is 3.81. The number of pyridine rings is 1. The van der Waals surface area contributed by atoms with Crippen LogP contribution in [-0.4, -0.2) is 9.55 Å². The van der Waals surface area contributed by atoms with E-state index in [1.807, 2.05) is 12.3 Å². The van der Waals surface area contributed by atoms with Crippen LogP contribution in [0.4, 0.5) is 22.7 Å². The van der Waals surface area contributed by atoms with E-state index in [-0.39, 0.29) is 26.5 Å². The summed E-state index contributed by atoms with van der Waals surface area (Å²) in [6, 6.07) is 51.5. The minimum Gasteiger partial charge on any atom is -0.509 e. The van der Waals surface area contributed by atoms with Gasteiger partial charge in [0, 0.05) is 61.3 Å². The zero-order valence-corrected chi connectivity index (χ0v) is 42.7. The summed E-state index contributed by atoms with van der Waals surface area (Å²) in [6.45, 7) is 27.4. The molecule has 0 radical (unpaired) electrons. The van der Waals surface area contributed by atoms with Crippen molar-refractivity contribution in [2.75, 3.05) is 9.80 Å². The second kappa shape index (κ2) is 18.9. The fourth-order valence-corrected chi connectivity index (χ4v) is 9.68. The number of hydrogen-bond acceptors (Lipinski definition) is 4. The molecule has 6 aromatic carbocycles. The maximum atomic E-state index is 7.04. The van der Waals surface area contributed by atoms with E-state index in [4.69, 9.17) is 9.72 Å². The van der Waals surface area contributed by atoms with Crippen molar-refractivity contribution < 1.29 is 25.8 Å². The van der Waals surface area contributed by atoms with E-state index in [1.54, 1.807) is 0 Å². The second-order valence-corrected chi connectivity index (χ2v) is 20.4. The Morgan fingerprint density at radius 2 is 1.24 bits per heavy atom. The summed E-state index contributed by atoms with van der Waals surface area (Å²) in [5.74, 6) is 3.76. The van der Waals surface area contributed by atoms with E-state index in [2.05, 4.69) is 225 Å². The molecule has 0 spiro atoms. The molecule has 1 aliphatic heterocycles. The van der Waals surface area contributed by atoms with Gasteiger partial charge in [-0.1, -0.05) is 148 Å². The summed E-state index contributed by atoms with van der Waals surface area (Å²) in [7, 11) is 0. The molecule has 2 aromatic heterocycles. The molecule has 66 heavy (non-hydrogen) atoms. The predicted molar refractivity (Wildman–Crippen MR) is 274 cm³/mol. The molecule has 0 saturated carbocycles. The Hall–Kier alpha value is -5.64. The molecule has 0 N–H and O–H groups in total. The first-order valence-corrected chi connectivity index (χ1v) is 23.6. The summed E-state index contributed by atoms with van der Waals surface area (Å²) in [5.41, 5.74) is 15.3. The average molecular weight is 1050 g/mol. The van der Waals surface area contributed by atoms with Gasteiger partial charge < -0.3 is 19.1 Å². The number of ether oxygens (including phenoxy) is 1. The van der Waals surface area contributed by atoms with E-state index in [9.17, 15) is 0 Å².